The zero-order chi connectivity index (χ0) is 15.5. The molecule has 0 amide bonds. The molecule has 0 aliphatic rings. The highest BCUT2D eigenvalue weighted by atomic mass is 15.3. The van der Waals surface area contributed by atoms with Crippen molar-refractivity contribution in [3.8, 4) is 5.69 Å². The number of hydrogen-bond acceptors (Lipinski definition) is 2. The molecule has 1 aromatic carbocycles. The molecule has 2 rings (SSSR count). The Kier molecular flexibility index (Phi) is 4.84. The van der Waals surface area contributed by atoms with Crippen LogP contribution in [0, 0.1) is 0 Å². The Balaban J connectivity index is 2.37. The second-order valence-electron chi connectivity index (χ2n) is 6.48. The van der Waals surface area contributed by atoms with Crippen molar-refractivity contribution in [3.63, 3.8) is 0 Å². The fourth-order valence-electron chi connectivity index (χ4n) is 2.34. The van der Waals surface area contributed by atoms with Crippen molar-refractivity contribution >= 4 is 0 Å². The molecule has 2 aromatic rings. The van der Waals surface area contributed by atoms with Gasteiger partial charge in [-0.1, -0.05) is 32.0 Å². The van der Waals surface area contributed by atoms with Gasteiger partial charge in [-0.15, -0.1) is 0 Å². The van der Waals surface area contributed by atoms with Gasteiger partial charge in [-0.3, -0.25) is 0 Å². The topological polar surface area (TPSA) is 29.9 Å². The Morgan fingerprint density at radius 3 is 2.43 bits per heavy atom. The molecule has 114 valence electrons. The first kappa shape index (κ1) is 15.8. The van der Waals surface area contributed by atoms with Gasteiger partial charge in [0.1, 0.15) is 0 Å². The lowest BCUT2D eigenvalue weighted by Gasteiger charge is -2.22. The van der Waals surface area contributed by atoms with Crippen LogP contribution in [-0.4, -0.2) is 15.3 Å². The SMILES string of the molecule is CCc1cc(CC)n(-c2ccccc2CNC(C)(C)C)n1. The zero-order valence-corrected chi connectivity index (χ0v) is 13.9. The summed E-state index contributed by atoms with van der Waals surface area (Å²) >= 11 is 0. The molecule has 3 nitrogen and oxygen atoms in total. The Morgan fingerprint density at radius 1 is 1.10 bits per heavy atom. The molecule has 0 atom stereocenters. The summed E-state index contributed by atoms with van der Waals surface area (Å²) in [5.41, 5.74) is 5.01. The van der Waals surface area contributed by atoms with E-state index in [0.717, 1.165) is 25.1 Å². The fourth-order valence-corrected chi connectivity index (χ4v) is 2.34. The molecule has 1 aromatic heterocycles. The average Bonchev–Trinajstić information content (AvgIpc) is 2.88. The lowest BCUT2D eigenvalue weighted by atomic mass is 10.1. The number of para-hydroxylation sites is 1. The van der Waals surface area contributed by atoms with E-state index in [0.29, 0.717) is 0 Å². The quantitative estimate of drug-likeness (QED) is 0.903. The van der Waals surface area contributed by atoms with Crippen LogP contribution in [0.4, 0.5) is 0 Å². The average molecular weight is 285 g/mol. The summed E-state index contributed by atoms with van der Waals surface area (Å²) in [6, 6.07) is 10.7. The largest absolute Gasteiger partial charge is 0.308 e. The Labute approximate surface area is 128 Å². The molecule has 0 unspecified atom stereocenters. The Hall–Kier alpha value is -1.61. The van der Waals surface area contributed by atoms with Gasteiger partial charge in [0, 0.05) is 17.8 Å². The van der Waals surface area contributed by atoms with E-state index in [2.05, 4.69) is 74.9 Å². The second kappa shape index (κ2) is 6.44. The van der Waals surface area contributed by atoms with Crippen molar-refractivity contribution in [2.24, 2.45) is 0 Å². The fraction of sp³-hybridized carbons (Fsp3) is 0.500. The van der Waals surface area contributed by atoms with Crippen LogP contribution in [0.25, 0.3) is 5.69 Å². The normalized spacial score (nSPS) is 11.9. The van der Waals surface area contributed by atoms with Gasteiger partial charge in [0.05, 0.1) is 11.4 Å². The molecule has 21 heavy (non-hydrogen) atoms. The maximum absolute atomic E-state index is 4.76. The van der Waals surface area contributed by atoms with Crippen LogP contribution >= 0.6 is 0 Å². The lowest BCUT2D eigenvalue weighted by molar-refractivity contribution is 0.423. The van der Waals surface area contributed by atoms with Gasteiger partial charge in [-0.05, 0) is 51.3 Å². The van der Waals surface area contributed by atoms with Crippen molar-refractivity contribution in [1.29, 1.82) is 0 Å². The minimum atomic E-state index is 0.111. The third-order valence-corrected chi connectivity index (χ3v) is 3.59. The molecule has 0 aliphatic heterocycles. The molecule has 0 fully saturated rings. The highest BCUT2D eigenvalue weighted by molar-refractivity contribution is 5.42. The molecule has 0 radical (unpaired) electrons. The highest BCUT2D eigenvalue weighted by Crippen LogP contribution is 2.19. The first-order valence-corrected chi connectivity index (χ1v) is 7.85. The minimum absolute atomic E-state index is 0.111. The first-order chi connectivity index (χ1) is 9.94. The zero-order valence-electron chi connectivity index (χ0n) is 13.9. The Morgan fingerprint density at radius 2 is 1.81 bits per heavy atom. The Bertz CT molecular complexity index is 591. The predicted molar refractivity (Wildman–Crippen MR) is 88.9 cm³/mol. The molecule has 0 aliphatic carbocycles. The van der Waals surface area contributed by atoms with Crippen LogP contribution < -0.4 is 5.32 Å². The molecule has 0 spiro atoms. The standard InChI is InChI=1S/C18H27N3/c1-6-15-12-16(7-2)21(20-15)17-11-9-8-10-14(17)13-19-18(3,4)5/h8-12,19H,6-7,13H2,1-5H3. The maximum Gasteiger partial charge on any atom is 0.0693 e. The van der Waals surface area contributed by atoms with Crippen molar-refractivity contribution in [3.05, 3.63) is 47.3 Å². The lowest BCUT2D eigenvalue weighted by Crippen LogP contribution is -2.35. The molecule has 1 heterocycles. The van der Waals surface area contributed by atoms with Crippen LogP contribution in [0.2, 0.25) is 0 Å². The number of nitrogens with one attached hydrogen (secondary N) is 1. The van der Waals surface area contributed by atoms with Crippen LogP contribution in [0.5, 0.6) is 0 Å². The van der Waals surface area contributed by atoms with E-state index in [4.69, 9.17) is 5.10 Å². The number of aromatic nitrogens is 2. The summed E-state index contributed by atoms with van der Waals surface area (Å²) in [7, 11) is 0. The summed E-state index contributed by atoms with van der Waals surface area (Å²) < 4.78 is 2.11. The maximum atomic E-state index is 4.76. The van der Waals surface area contributed by atoms with E-state index in [1.54, 1.807) is 0 Å². The van der Waals surface area contributed by atoms with Crippen LogP contribution in [0.3, 0.4) is 0 Å². The van der Waals surface area contributed by atoms with Crippen LogP contribution in [0.15, 0.2) is 30.3 Å². The van der Waals surface area contributed by atoms with Gasteiger partial charge in [-0.25, -0.2) is 4.68 Å². The van der Waals surface area contributed by atoms with Crippen LogP contribution in [0.1, 0.15) is 51.6 Å². The van der Waals surface area contributed by atoms with E-state index in [1.165, 1.54) is 16.9 Å². The third kappa shape index (κ3) is 3.94. The van der Waals surface area contributed by atoms with Gasteiger partial charge >= 0.3 is 0 Å². The van der Waals surface area contributed by atoms with Crippen molar-refractivity contribution in [2.45, 2.75) is 59.5 Å². The van der Waals surface area contributed by atoms with E-state index in [9.17, 15) is 0 Å². The van der Waals surface area contributed by atoms with Gasteiger partial charge in [0.25, 0.3) is 0 Å². The monoisotopic (exact) mass is 285 g/mol. The summed E-state index contributed by atoms with van der Waals surface area (Å²) in [5, 5.41) is 8.33. The van der Waals surface area contributed by atoms with Gasteiger partial charge in [-0.2, -0.15) is 5.10 Å². The molecule has 1 N–H and O–H groups in total. The summed E-state index contributed by atoms with van der Waals surface area (Å²) in [6.07, 6.45) is 1.97. The molecule has 0 saturated heterocycles. The molecule has 0 bridgehead atoms. The molecule has 0 saturated carbocycles. The summed E-state index contributed by atoms with van der Waals surface area (Å²) in [6.45, 7) is 11.8. The molecular formula is C18H27N3. The molecular weight excluding hydrogens is 258 g/mol. The van der Waals surface area contributed by atoms with Gasteiger partial charge < -0.3 is 5.32 Å². The van der Waals surface area contributed by atoms with E-state index in [-0.39, 0.29) is 5.54 Å². The number of nitrogens with zero attached hydrogens (tertiary/aromatic N) is 2. The van der Waals surface area contributed by atoms with E-state index < -0.39 is 0 Å². The minimum Gasteiger partial charge on any atom is -0.308 e. The second-order valence-corrected chi connectivity index (χ2v) is 6.48. The predicted octanol–water partition coefficient (Wildman–Crippen LogP) is 3.89. The van der Waals surface area contributed by atoms with Crippen LogP contribution in [-0.2, 0) is 19.4 Å². The third-order valence-electron chi connectivity index (χ3n) is 3.59. The number of rotatable bonds is 5. The van der Waals surface area contributed by atoms with Gasteiger partial charge in [0.15, 0.2) is 0 Å². The molecule has 3 heteroatoms. The number of benzene rings is 1. The smallest absolute Gasteiger partial charge is 0.0693 e. The summed E-state index contributed by atoms with van der Waals surface area (Å²) in [5.74, 6) is 0. The van der Waals surface area contributed by atoms with Crippen molar-refractivity contribution < 1.29 is 0 Å². The van der Waals surface area contributed by atoms with E-state index in [1.807, 2.05) is 0 Å². The van der Waals surface area contributed by atoms with Crippen molar-refractivity contribution in [2.75, 3.05) is 0 Å². The van der Waals surface area contributed by atoms with Gasteiger partial charge in [0.2, 0.25) is 0 Å². The van der Waals surface area contributed by atoms with E-state index >= 15 is 0 Å². The first-order valence-electron chi connectivity index (χ1n) is 7.85. The number of aryl methyl sites for hydroxylation is 2. The highest BCUT2D eigenvalue weighted by Gasteiger charge is 2.13. The number of hydrogen-bond donors (Lipinski definition) is 1. The summed E-state index contributed by atoms with van der Waals surface area (Å²) in [4.78, 5) is 0. The van der Waals surface area contributed by atoms with Crippen molar-refractivity contribution in [1.82, 2.24) is 15.1 Å².